The molecule has 1 saturated heterocycles. The molecule has 0 bridgehead atoms. The van der Waals surface area contributed by atoms with Crippen molar-refractivity contribution in [3.8, 4) is 11.5 Å². The second kappa shape index (κ2) is 21.5. The van der Waals surface area contributed by atoms with Gasteiger partial charge in [0.15, 0.2) is 0 Å². The molecule has 1 unspecified atom stereocenters. The van der Waals surface area contributed by atoms with Crippen LogP contribution < -0.4 is 14.8 Å². The lowest BCUT2D eigenvalue weighted by atomic mass is 9.78. The molecule has 1 heterocycles. The molecule has 0 saturated carbocycles. The Hall–Kier alpha value is -2.99. The van der Waals surface area contributed by atoms with Crippen LogP contribution in [0.25, 0.3) is 0 Å². The van der Waals surface area contributed by atoms with Crippen LogP contribution in [0.15, 0.2) is 61.2 Å². The highest BCUT2D eigenvalue weighted by molar-refractivity contribution is 7.86. The number of amides is 1. The third-order valence-electron chi connectivity index (χ3n) is 7.02. The minimum absolute atomic E-state index is 0.0429. The van der Waals surface area contributed by atoms with Gasteiger partial charge < -0.3 is 19.9 Å². The molecule has 2 N–H and O–H groups in total. The van der Waals surface area contributed by atoms with Gasteiger partial charge in [0.25, 0.3) is 10.1 Å². The lowest BCUT2D eigenvalue weighted by Crippen LogP contribution is -2.39. The predicted octanol–water partition coefficient (Wildman–Crippen LogP) is 7.85. The average molecular weight is 739 g/mol. The van der Waals surface area contributed by atoms with Crippen molar-refractivity contribution >= 4 is 16.0 Å². The molecule has 1 aliphatic heterocycles. The molecule has 0 aliphatic carbocycles. The summed E-state index contributed by atoms with van der Waals surface area (Å²) < 4.78 is 48.8. The maximum absolute atomic E-state index is 12.3. The summed E-state index contributed by atoms with van der Waals surface area (Å²) >= 11 is 0. The molecule has 1 aliphatic rings. The van der Waals surface area contributed by atoms with Crippen molar-refractivity contribution in [2.45, 2.75) is 124 Å². The minimum Gasteiger partial charge on any atom is -0.494 e. The van der Waals surface area contributed by atoms with Crippen molar-refractivity contribution < 1.29 is 36.4 Å². The highest BCUT2D eigenvalue weighted by Crippen LogP contribution is 2.33. The van der Waals surface area contributed by atoms with E-state index in [0.29, 0.717) is 11.3 Å². The van der Waals surface area contributed by atoms with Crippen LogP contribution in [0.5, 0.6) is 11.5 Å². The molecule has 292 valence electrons. The fourth-order valence-corrected chi connectivity index (χ4v) is 5.18. The van der Waals surface area contributed by atoms with E-state index in [0.717, 1.165) is 37.0 Å². The average Bonchev–Trinajstić information content (AvgIpc) is 3.85. The van der Waals surface area contributed by atoms with Crippen LogP contribution in [0.4, 0.5) is 4.39 Å². The lowest BCUT2D eigenvalue weighted by molar-refractivity contribution is -0.117. The number of hydrogen-bond acceptors (Lipinski definition) is 8. The Labute approximate surface area is 309 Å². The fourth-order valence-electron chi connectivity index (χ4n) is 4.27. The van der Waals surface area contributed by atoms with E-state index in [1.807, 2.05) is 57.2 Å². The van der Waals surface area contributed by atoms with Crippen LogP contribution >= 0.6 is 0 Å². The topological polar surface area (TPSA) is 114 Å². The molecule has 2 aromatic carbocycles. The molecule has 0 spiro atoms. The smallest absolute Gasteiger partial charge is 0.264 e. The van der Waals surface area contributed by atoms with Gasteiger partial charge in [0.1, 0.15) is 30.9 Å². The fraction of sp³-hybridized carbons (Fsp3) is 0.625. The van der Waals surface area contributed by atoms with Crippen LogP contribution in [0.1, 0.15) is 107 Å². The number of benzene rings is 2. The summed E-state index contributed by atoms with van der Waals surface area (Å²) in [5, 5.41) is 11.9. The minimum atomic E-state index is -3.28. The number of nitrogens with one attached hydrogen (secondary N) is 1. The standard InChI is InChI=1S/C22H29FO3.C7H13NO.C6H13N.C5H12O3S/c1-4-5-14-25-20-10-6-17(7-11-20)22(2,3)18-8-12-21(13-9-18)26-16-19(24)15-23;1-5-6(9)8-7(2,3)4;1-6(2,3)7-4-5-7;1-5(2,3)8-9(4,6)7/h6-13,19,24H,4-5,14-16H2,1-3H3;5H,1H2,2-4H3,(H,8,9);4-5H2,1-3H3;1-4H3. The van der Waals surface area contributed by atoms with Gasteiger partial charge in [0.05, 0.1) is 18.5 Å². The summed E-state index contributed by atoms with van der Waals surface area (Å²) in [5.41, 5.74) is 1.87. The van der Waals surface area contributed by atoms with Crippen LogP contribution in [0, 0.1) is 0 Å². The molecular formula is C40H67FN2O7S. The Morgan fingerprint density at radius 1 is 0.902 bits per heavy atom. The van der Waals surface area contributed by atoms with E-state index in [2.05, 4.69) is 74.7 Å². The van der Waals surface area contributed by atoms with E-state index in [1.54, 1.807) is 20.8 Å². The molecule has 1 amide bonds. The first-order chi connectivity index (χ1) is 23.2. The molecule has 1 atom stereocenters. The maximum Gasteiger partial charge on any atom is 0.264 e. The zero-order chi connectivity index (χ0) is 39.7. The second-order valence-electron chi connectivity index (χ2n) is 16.0. The van der Waals surface area contributed by atoms with Crippen LogP contribution in [0.2, 0.25) is 0 Å². The monoisotopic (exact) mass is 738 g/mol. The van der Waals surface area contributed by atoms with Gasteiger partial charge in [-0.15, -0.1) is 0 Å². The first-order valence-corrected chi connectivity index (χ1v) is 19.4. The number of alkyl halides is 1. The lowest BCUT2D eigenvalue weighted by Gasteiger charge is -2.26. The number of aliphatic hydroxyl groups is 1. The summed E-state index contributed by atoms with van der Waals surface area (Å²) in [4.78, 5) is 13.0. The van der Waals surface area contributed by atoms with Crippen molar-refractivity contribution in [2.75, 3.05) is 39.2 Å². The molecular weight excluding hydrogens is 672 g/mol. The van der Waals surface area contributed by atoms with Crippen molar-refractivity contribution in [3.63, 3.8) is 0 Å². The molecule has 3 rings (SSSR count). The quantitative estimate of drug-likeness (QED) is 0.0980. The van der Waals surface area contributed by atoms with E-state index >= 15 is 0 Å². The number of nitrogens with zero attached hydrogens (tertiary/aromatic N) is 1. The molecule has 1 fully saturated rings. The van der Waals surface area contributed by atoms with E-state index in [1.165, 1.54) is 24.7 Å². The molecule has 11 heteroatoms. The number of aliphatic hydroxyl groups excluding tert-OH is 1. The summed E-state index contributed by atoms with van der Waals surface area (Å²) in [6.45, 7) is 29.9. The van der Waals surface area contributed by atoms with Gasteiger partial charge in [-0.1, -0.05) is 58.0 Å². The first kappa shape index (κ1) is 48.0. The van der Waals surface area contributed by atoms with Crippen LogP contribution in [-0.4, -0.2) is 86.3 Å². The van der Waals surface area contributed by atoms with Gasteiger partial charge in [-0.05, 0) is 110 Å². The highest BCUT2D eigenvalue weighted by Gasteiger charge is 2.29. The number of rotatable bonds is 12. The zero-order valence-electron chi connectivity index (χ0n) is 33.6. The molecule has 51 heavy (non-hydrogen) atoms. The van der Waals surface area contributed by atoms with Crippen molar-refractivity contribution in [1.82, 2.24) is 10.2 Å². The third kappa shape index (κ3) is 24.0. The predicted molar refractivity (Wildman–Crippen MR) is 208 cm³/mol. The van der Waals surface area contributed by atoms with Gasteiger partial charge in [-0.2, -0.15) is 8.42 Å². The molecule has 0 radical (unpaired) electrons. The van der Waals surface area contributed by atoms with Gasteiger partial charge in [-0.3, -0.25) is 13.9 Å². The first-order valence-electron chi connectivity index (χ1n) is 17.5. The Morgan fingerprint density at radius 2 is 1.35 bits per heavy atom. The van der Waals surface area contributed by atoms with E-state index in [4.69, 9.17) is 9.47 Å². The van der Waals surface area contributed by atoms with E-state index < -0.39 is 28.5 Å². The Morgan fingerprint density at radius 3 is 1.61 bits per heavy atom. The van der Waals surface area contributed by atoms with Crippen LogP contribution in [-0.2, 0) is 24.5 Å². The van der Waals surface area contributed by atoms with Gasteiger partial charge in [0, 0.05) is 29.6 Å². The number of unbranched alkanes of at least 4 members (excludes halogenated alkanes) is 1. The number of ether oxygens (including phenoxy) is 2. The van der Waals surface area contributed by atoms with Crippen molar-refractivity contribution in [1.29, 1.82) is 0 Å². The van der Waals surface area contributed by atoms with Crippen molar-refractivity contribution in [3.05, 3.63) is 72.3 Å². The summed E-state index contributed by atoms with van der Waals surface area (Å²) in [5.74, 6) is 1.40. The van der Waals surface area contributed by atoms with Crippen LogP contribution in [0.3, 0.4) is 0 Å². The highest BCUT2D eigenvalue weighted by atomic mass is 32.2. The maximum atomic E-state index is 12.3. The van der Waals surface area contributed by atoms with Gasteiger partial charge in [0.2, 0.25) is 5.91 Å². The summed E-state index contributed by atoms with van der Waals surface area (Å²) in [7, 11) is -3.28. The second-order valence-corrected chi connectivity index (χ2v) is 17.6. The SMILES string of the molecule is C=CC(=O)NC(C)(C)C.CC(C)(C)N1CC1.CC(C)(C)OS(C)(=O)=O.CCCCOc1ccc(C(C)(C)c2ccc(OCC(O)CF)cc2)cc1. The van der Waals surface area contributed by atoms with E-state index in [9.17, 15) is 22.7 Å². The largest absolute Gasteiger partial charge is 0.494 e. The molecule has 9 nitrogen and oxygen atoms in total. The Bertz CT molecular complexity index is 1390. The zero-order valence-corrected chi connectivity index (χ0v) is 34.4. The number of carbonyl (C=O) groups is 1. The number of halogens is 1. The van der Waals surface area contributed by atoms with Gasteiger partial charge >= 0.3 is 0 Å². The summed E-state index contributed by atoms with van der Waals surface area (Å²) in [6.07, 6.45) is 3.41. The third-order valence-corrected chi connectivity index (χ3v) is 7.82. The molecule has 0 aromatic heterocycles. The number of carbonyl (C=O) groups excluding carboxylic acids is 1. The normalized spacial score (nSPS) is 13.9. The number of hydrogen-bond donors (Lipinski definition) is 2. The van der Waals surface area contributed by atoms with Gasteiger partial charge in [-0.25, -0.2) is 4.39 Å². The Balaban J connectivity index is 0.000000810. The Kier molecular flexibility index (Phi) is 20.3. The molecule has 2 aromatic rings. The van der Waals surface area contributed by atoms with Crippen molar-refractivity contribution in [2.24, 2.45) is 0 Å². The van der Waals surface area contributed by atoms with E-state index in [-0.39, 0.29) is 23.5 Å². The summed E-state index contributed by atoms with van der Waals surface area (Å²) in [6, 6.07) is 15.9.